The van der Waals surface area contributed by atoms with Crippen LogP contribution in [0.1, 0.15) is 0 Å². The second-order valence-electron chi connectivity index (χ2n) is 17.3. The lowest BCUT2D eigenvalue weighted by atomic mass is 9.96. The summed E-state index contributed by atoms with van der Waals surface area (Å²) in [7, 11) is 0. The molecule has 11 aromatic carbocycles. The standard InChI is InChI=1S/C62H38N2/c1-2-15-47(16-3-1)64-60-34-30-46(38-57(60)54-32-27-41-11-4-5-18-49(41)62(54)64)45-29-33-59-56(37-45)51-19-6-7-22-58(51)63(59)48-17-8-14-43(35-48)39-23-25-40(26-24-39)44-28-31-50-52-20-9-12-42-13-10-21-53(61(42)52)55(50)36-44/h1-38H. The molecule has 2 heterocycles. The first-order chi connectivity index (χ1) is 31.7. The van der Waals surface area contributed by atoms with Crippen LogP contribution in [0.15, 0.2) is 231 Å². The minimum atomic E-state index is 1.15. The zero-order valence-electron chi connectivity index (χ0n) is 34.8. The maximum absolute atomic E-state index is 2.43. The Morgan fingerprint density at radius 3 is 1.56 bits per heavy atom. The predicted molar refractivity (Wildman–Crippen MR) is 271 cm³/mol. The molecule has 2 heteroatoms. The molecule has 296 valence electrons. The number of benzene rings is 11. The normalized spacial score (nSPS) is 12.1. The third kappa shape index (κ3) is 5.14. The molecular weight excluding hydrogens is 773 g/mol. The molecule has 1 aliphatic carbocycles. The Bertz CT molecular complexity index is 4050. The minimum Gasteiger partial charge on any atom is -0.309 e. The van der Waals surface area contributed by atoms with Crippen LogP contribution in [0.4, 0.5) is 0 Å². The highest BCUT2D eigenvalue weighted by Crippen LogP contribution is 2.48. The lowest BCUT2D eigenvalue weighted by molar-refractivity contribution is 1.18. The van der Waals surface area contributed by atoms with Gasteiger partial charge in [0.05, 0.1) is 22.1 Å². The van der Waals surface area contributed by atoms with Crippen molar-refractivity contribution in [2.75, 3.05) is 0 Å². The smallest absolute Gasteiger partial charge is 0.0619 e. The molecule has 64 heavy (non-hydrogen) atoms. The van der Waals surface area contributed by atoms with Crippen molar-refractivity contribution in [3.8, 4) is 67.0 Å². The SMILES string of the molecule is c1ccc(-n2c3ccc(-c4ccc5c(c4)c4ccccc4n5-c4cccc(-c5ccc(-c6ccc7c(c6)-c6cccc8cccc-7c68)cc5)c4)cc3c3ccc4ccccc4c32)cc1. The van der Waals surface area contributed by atoms with E-state index in [1.54, 1.807) is 0 Å². The van der Waals surface area contributed by atoms with Gasteiger partial charge in [0.25, 0.3) is 0 Å². The van der Waals surface area contributed by atoms with E-state index in [-0.39, 0.29) is 0 Å². The van der Waals surface area contributed by atoms with Crippen molar-refractivity contribution in [2.45, 2.75) is 0 Å². The van der Waals surface area contributed by atoms with Gasteiger partial charge in [-0.15, -0.1) is 0 Å². The Kier molecular flexibility index (Phi) is 7.43. The van der Waals surface area contributed by atoms with Crippen molar-refractivity contribution < 1.29 is 0 Å². The van der Waals surface area contributed by atoms with Crippen LogP contribution in [0.3, 0.4) is 0 Å². The van der Waals surface area contributed by atoms with Crippen molar-refractivity contribution in [3.63, 3.8) is 0 Å². The largest absolute Gasteiger partial charge is 0.309 e. The van der Waals surface area contributed by atoms with Crippen LogP contribution < -0.4 is 0 Å². The zero-order valence-corrected chi connectivity index (χ0v) is 34.8. The second kappa shape index (κ2) is 13.5. The molecule has 0 radical (unpaired) electrons. The summed E-state index contributed by atoms with van der Waals surface area (Å²) in [5, 5.41) is 10.2. The van der Waals surface area contributed by atoms with Crippen LogP contribution in [0, 0.1) is 0 Å². The highest BCUT2D eigenvalue weighted by molar-refractivity contribution is 6.20. The van der Waals surface area contributed by atoms with Crippen LogP contribution in [0.5, 0.6) is 0 Å². The van der Waals surface area contributed by atoms with Crippen molar-refractivity contribution in [3.05, 3.63) is 231 Å². The van der Waals surface area contributed by atoms with Crippen molar-refractivity contribution in [2.24, 2.45) is 0 Å². The third-order valence-electron chi connectivity index (χ3n) is 13.8. The molecule has 14 rings (SSSR count). The summed E-state index contributed by atoms with van der Waals surface area (Å²) in [6.45, 7) is 0. The van der Waals surface area contributed by atoms with Gasteiger partial charge in [0.1, 0.15) is 0 Å². The zero-order chi connectivity index (χ0) is 41.9. The first-order valence-electron chi connectivity index (χ1n) is 22.2. The van der Waals surface area contributed by atoms with E-state index in [1.165, 1.54) is 126 Å². The lowest BCUT2D eigenvalue weighted by Crippen LogP contribution is -1.94. The summed E-state index contributed by atoms with van der Waals surface area (Å²) in [6.07, 6.45) is 0. The van der Waals surface area contributed by atoms with Gasteiger partial charge in [-0.25, -0.2) is 0 Å². The van der Waals surface area contributed by atoms with E-state index in [2.05, 4.69) is 240 Å². The van der Waals surface area contributed by atoms with E-state index >= 15 is 0 Å². The molecule has 2 nitrogen and oxygen atoms in total. The summed E-state index contributed by atoms with van der Waals surface area (Å²) in [5.74, 6) is 0. The average Bonchev–Trinajstić information content (AvgIpc) is 4.00. The van der Waals surface area contributed by atoms with Gasteiger partial charge in [-0.3, -0.25) is 0 Å². The average molecular weight is 811 g/mol. The van der Waals surface area contributed by atoms with Gasteiger partial charge in [0.15, 0.2) is 0 Å². The van der Waals surface area contributed by atoms with Crippen LogP contribution >= 0.6 is 0 Å². The molecule has 0 saturated carbocycles. The molecule has 0 saturated heterocycles. The maximum Gasteiger partial charge on any atom is 0.0619 e. The molecule has 0 amide bonds. The van der Waals surface area contributed by atoms with Crippen molar-refractivity contribution in [1.29, 1.82) is 0 Å². The first kappa shape index (κ1) is 35.2. The van der Waals surface area contributed by atoms with Gasteiger partial charge in [-0.05, 0) is 132 Å². The van der Waals surface area contributed by atoms with Crippen molar-refractivity contribution >= 4 is 65.2 Å². The summed E-state index contributed by atoms with van der Waals surface area (Å²) < 4.78 is 4.86. The Labute approximate surface area is 370 Å². The molecule has 0 spiro atoms. The summed E-state index contributed by atoms with van der Waals surface area (Å²) in [5.41, 5.74) is 19.7. The Balaban J connectivity index is 0.841. The number of para-hydroxylation sites is 2. The number of hydrogen-bond acceptors (Lipinski definition) is 0. The van der Waals surface area contributed by atoms with Gasteiger partial charge in [-0.2, -0.15) is 0 Å². The lowest BCUT2D eigenvalue weighted by Gasteiger charge is -2.12. The summed E-state index contributed by atoms with van der Waals surface area (Å²) in [6, 6.07) is 85.2. The molecule has 0 bridgehead atoms. The highest BCUT2D eigenvalue weighted by atomic mass is 15.0. The Morgan fingerprint density at radius 1 is 0.234 bits per heavy atom. The quantitative estimate of drug-likeness (QED) is 0.164. The van der Waals surface area contributed by atoms with E-state index in [1.807, 2.05) is 0 Å². The molecule has 0 unspecified atom stereocenters. The number of nitrogens with zero attached hydrogens (tertiary/aromatic N) is 2. The monoisotopic (exact) mass is 810 g/mol. The second-order valence-corrected chi connectivity index (χ2v) is 17.3. The van der Waals surface area contributed by atoms with Crippen LogP contribution in [-0.4, -0.2) is 9.13 Å². The molecule has 13 aromatic rings. The van der Waals surface area contributed by atoms with Crippen LogP contribution in [0.25, 0.3) is 132 Å². The fourth-order valence-electron chi connectivity index (χ4n) is 10.9. The molecule has 0 aliphatic heterocycles. The number of hydrogen-bond donors (Lipinski definition) is 0. The Hall–Kier alpha value is -8.46. The van der Waals surface area contributed by atoms with Gasteiger partial charge in [0, 0.05) is 38.3 Å². The van der Waals surface area contributed by atoms with Gasteiger partial charge < -0.3 is 9.13 Å². The molecule has 0 N–H and O–H groups in total. The topological polar surface area (TPSA) is 9.86 Å². The van der Waals surface area contributed by atoms with Gasteiger partial charge in [-0.1, -0.05) is 170 Å². The highest BCUT2D eigenvalue weighted by Gasteiger charge is 2.22. The molecule has 1 aliphatic rings. The molecular formula is C62H38N2. The van der Waals surface area contributed by atoms with E-state index < -0.39 is 0 Å². The molecule has 2 aromatic heterocycles. The summed E-state index contributed by atoms with van der Waals surface area (Å²) in [4.78, 5) is 0. The number of aromatic nitrogens is 2. The summed E-state index contributed by atoms with van der Waals surface area (Å²) >= 11 is 0. The van der Waals surface area contributed by atoms with E-state index in [9.17, 15) is 0 Å². The first-order valence-corrected chi connectivity index (χ1v) is 22.2. The van der Waals surface area contributed by atoms with E-state index in [0.717, 1.165) is 5.69 Å². The van der Waals surface area contributed by atoms with Gasteiger partial charge in [0.2, 0.25) is 0 Å². The fourth-order valence-corrected chi connectivity index (χ4v) is 10.9. The Morgan fingerprint density at radius 2 is 0.781 bits per heavy atom. The van der Waals surface area contributed by atoms with Crippen molar-refractivity contribution in [1.82, 2.24) is 9.13 Å². The number of rotatable bonds is 5. The van der Waals surface area contributed by atoms with E-state index in [4.69, 9.17) is 0 Å². The van der Waals surface area contributed by atoms with E-state index in [0.29, 0.717) is 0 Å². The fraction of sp³-hybridized carbons (Fsp3) is 0. The third-order valence-corrected chi connectivity index (χ3v) is 13.8. The van der Waals surface area contributed by atoms with Crippen LogP contribution in [0.2, 0.25) is 0 Å². The maximum atomic E-state index is 2.43. The molecule has 0 atom stereocenters. The molecule has 0 fully saturated rings. The van der Waals surface area contributed by atoms with Crippen LogP contribution in [-0.2, 0) is 0 Å². The predicted octanol–water partition coefficient (Wildman–Crippen LogP) is 16.8. The minimum absolute atomic E-state index is 1.15. The van der Waals surface area contributed by atoms with Gasteiger partial charge >= 0.3 is 0 Å². The number of fused-ring (bicyclic) bond motifs is 11.